The molecular formula is C17H17N3O4S3. The van der Waals surface area contributed by atoms with Gasteiger partial charge < -0.3 is 14.5 Å². The third-order valence-corrected chi connectivity index (χ3v) is 6.38. The average molecular weight is 424 g/mol. The van der Waals surface area contributed by atoms with Crippen LogP contribution in [0.15, 0.2) is 37.4 Å². The second-order valence-corrected chi connectivity index (χ2v) is 8.84. The minimum absolute atomic E-state index is 0.00560. The van der Waals surface area contributed by atoms with Crippen molar-refractivity contribution < 1.29 is 18.7 Å². The predicted molar refractivity (Wildman–Crippen MR) is 108 cm³/mol. The monoisotopic (exact) mass is 423 g/mol. The third kappa shape index (κ3) is 4.82. The zero-order valence-corrected chi connectivity index (χ0v) is 17.1. The highest BCUT2D eigenvalue weighted by Gasteiger charge is 2.23. The number of esters is 1. The Morgan fingerprint density at radius 3 is 2.67 bits per heavy atom. The molecule has 0 unspecified atom stereocenters. The smallest absolute Gasteiger partial charge is 0.376 e. The number of nitrogens with one attached hydrogen (secondary N) is 1. The normalized spacial score (nSPS) is 10.9. The van der Waals surface area contributed by atoms with E-state index in [2.05, 4.69) is 15.5 Å². The summed E-state index contributed by atoms with van der Waals surface area (Å²) in [7, 11) is 0. The molecule has 3 rings (SSSR count). The summed E-state index contributed by atoms with van der Waals surface area (Å²) in [4.78, 5) is 24.6. The Hall–Kier alpha value is -2.04. The summed E-state index contributed by atoms with van der Waals surface area (Å²) in [6.45, 7) is 3.97. The summed E-state index contributed by atoms with van der Waals surface area (Å²) in [6.07, 6.45) is 0. The summed E-state index contributed by atoms with van der Waals surface area (Å²) in [5.41, 5.74) is 0.836. The van der Waals surface area contributed by atoms with E-state index in [1.165, 1.54) is 23.1 Å². The summed E-state index contributed by atoms with van der Waals surface area (Å²) < 4.78 is 12.2. The molecule has 0 aliphatic rings. The van der Waals surface area contributed by atoms with Crippen molar-refractivity contribution in [2.24, 2.45) is 0 Å². The lowest BCUT2D eigenvalue weighted by molar-refractivity contribution is -0.113. The maximum atomic E-state index is 12.4. The fraction of sp³-hybridized carbons (Fsp3) is 0.294. The molecule has 1 aromatic carbocycles. The van der Waals surface area contributed by atoms with Crippen molar-refractivity contribution in [1.82, 2.24) is 10.2 Å². The Bertz CT molecular complexity index is 954. The quantitative estimate of drug-likeness (QED) is 0.423. The topological polar surface area (TPSA) is 94.3 Å². The van der Waals surface area contributed by atoms with Gasteiger partial charge >= 0.3 is 5.97 Å². The molecule has 142 valence electrons. The molecule has 0 saturated carbocycles. The number of aromatic nitrogens is 2. The van der Waals surface area contributed by atoms with Gasteiger partial charge in [-0.3, -0.25) is 4.79 Å². The number of para-hydroxylation sites is 1. The number of rotatable bonds is 8. The highest BCUT2D eigenvalue weighted by atomic mass is 32.2. The molecule has 1 amide bonds. The number of hydrogen-bond acceptors (Lipinski definition) is 9. The number of furan rings is 1. The zero-order chi connectivity index (χ0) is 19.2. The van der Waals surface area contributed by atoms with E-state index < -0.39 is 5.97 Å². The fourth-order valence-corrected chi connectivity index (χ4v) is 4.97. The number of carbonyl (C=O) groups is 2. The van der Waals surface area contributed by atoms with Crippen molar-refractivity contribution in [1.29, 1.82) is 0 Å². The zero-order valence-electron chi connectivity index (χ0n) is 14.7. The lowest BCUT2D eigenvalue weighted by atomic mass is 10.2. The van der Waals surface area contributed by atoms with Crippen LogP contribution >= 0.6 is 34.9 Å². The molecule has 0 fully saturated rings. The van der Waals surface area contributed by atoms with Gasteiger partial charge in [0.2, 0.25) is 11.7 Å². The number of hydrogen-bond donors (Lipinski definition) is 1. The molecule has 0 spiro atoms. The van der Waals surface area contributed by atoms with Gasteiger partial charge in [-0.25, -0.2) is 4.79 Å². The highest BCUT2D eigenvalue weighted by Crippen LogP contribution is 2.32. The lowest BCUT2D eigenvalue weighted by Gasteiger charge is -2.05. The van der Waals surface area contributed by atoms with E-state index in [1.807, 2.05) is 13.0 Å². The number of thioether (sulfide) groups is 2. The Kier molecular flexibility index (Phi) is 6.75. The first kappa shape index (κ1) is 19.7. The average Bonchev–Trinajstić information content (AvgIpc) is 3.26. The van der Waals surface area contributed by atoms with E-state index in [1.54, 1.807) is 36.9 Å². The van der Waals surface area contributed by atoms with Gasteiger partial charge in [-0.15, -0.1) is 10.2 Å². The first-order valence-electron chi connectivity index (χ1n) is 8.20. The van der Waals surface area contributed by atoms with E-state index >= 15 is 0 Å². The van der Waals surface area contributed by atoms with Crippen LogP contribution in [0.4, 0.5) is 5.69 Å². The van der Waals surface area contributed by atoms with Crippen LogP contribution < -0.4 is 5.32 Å². The first-order chi connectivity index (χ1) is 13.1. The summed E-state index contributed by atoms with van der Waals surface area (Å²) in [5.74, 6) is 0.185. The number of nitrogens with zero attached hydrogens (tertiary/aromatic N) is 2. The maximum absolute atomic E-state index is 12.4. The van der Waals surface area contributed by atoms with Gasteiger partial charge in [0, 0.05) is 5.39 Å². The standard InChI is InChI=1S/C17H17N3O4S3/c1-3-23-15(22)14-13(10-7-5-6-8-11(10)24-14)18-12(21)9-26-17-20-19-16(27-17)25-4-2/h5-8H,3-4,9H2,1-2H3,(H,18,21). The predicted octanol–water partition coefficient (Wildman–Crippen LogP) is 4.30. The largest absolute Gasteiger partial charge is 0.460 e. The number of amides is 1. The molecule has 0 radical (unpaired) electrons. The molecule has 2 heterocycles. The van der Waals surface area contributed by atoms with Gasteiger partial charge in [0.05, 0.1) is 12.4 Å². The number of ether oxygens (including phenoxy) is 1. The first-order valence-corrected chi connectivity index (χ1v) is 11.0. The Morgan fingerprint density at radius 2 is 1.93 bits per heavy atom. The Morgan fingerprint density at radius 1 is 1.19 bits per heavy atom. The SMILES string of the molecule is CCOC(=O)c1oc2ccccc2c1NC(=O)CSc1nnc(SCC)s1. The number of carbonyl (C=O) groups excluding carboxylic acids is 2. The van der Waals surface area contributed by atoms with Crippen LogP contribution in [-0.2, 0) is 9.53 Å². The van der Waals surface area contributed by atoms with E-state index in [-0.39, 0.29) is 24.0 Å². The van der Waals surface area contributed by atoms with E-state index in [4.69, 9.17) is 9.15 Å². The van der Waals surface area contributed by atoms with Crippen LogP contribution in [-0.4, -0.2) is 40.2 Å². The Labute approximate surface area is 168 Å². The van der Waals surface area contributed by atoms with Crippen LogP contribution in [0.25, 0.3) is 11.0 Å². The number of fused-ring (bicyclic) bond motifs is 1. The van der Waals surface area contributed by atoms with E-state index in [9.17, 15) is 9.59 Å². The lowest BCUT2D eigenvalue weighted by Crippen LogP contribution is -2.16. The van der Waals surface area contributed by atoms with Gasteiger partial charge in [-0.2, -0.15) is 0 Å². The molecule has 0 aliphatic carbocycles. The third-order valence-electron chi connectivity index (χ3n) is 3.30. The van der Waals surface area contributed by atoms with Crippen molar-refractivity contribution in [2.45, 2.75) is 22.5 Å². The van der Waals surface area contributed by atoms with Crippen molar-refractivity contribution in [3.63, 3.8) is 0 Å². The van der Waals surface area contributed by atoms with Gasteiger partial charge in [0.25, 0.3) is 0 Å². The summed E-state index contributed by atoms with van der Waals surface area (Å²) in [5, 5.41) is 11.5. The fourth-order valence-electron chi connectivity index (χ4n) is 2.25. The molecule has 3 aromatic rings. The van der Waals surface area contributed by atoms with Crippen molar-refractivity contribution >= 4 is 63.4 Å². The second kappa shape index (κ2) is 9.25. The Balaban J connectivity index is 1.73. The summed E-state index contributed by atoms with van der Waals surface area (Å²) in [6, 6.07) is 7.12. The van der Waals surface area contributed by atoms with Gasteiger partial charge in [-0.05, 0) is 24.8 Å². The molecule has 7 nitrogen and oxygen atoms in total. The molecule has 0 aliphatic heterocycles. The van der Waals surface area contributed by atoms with Gasteiger partial charge in [0.15, 0.2) is 8.68 Å². The van der Waals surface area contributed by atoms with Crippen molar-refractivity contribution in [2.75, 3.05) is 23.4 Å². The molecule has 10 heteroatoms. The van der Waals surface area contributed by atoms with Crippen LogP contribution in [0, 0.1) is 0 Å². The van der Waals surface area contributed by atoms with Crippen LogP contribution in [0.1, 0.15) is 24.4 Å². The minimum atomic E-state index is -0.609. The highest BCUT2D eigenvalue weighted by molar-refractivity contribution is 8.03. The molecule has 2 aromatic heterocycles. The minimum Gasteiger partial charge on any atom is -0.460 e. The van der Waals surface area contributed by atoms with Crippen molar-refractivity contribution in [3.8, 4) is 0 Å². The van der Waals surface area contributed by atoms with Crippen LogP contribution in [0.2, 0.25) is 0 Å². The molecule has 1 N–H and O–H groups in total. The molecule has 0 saturated heterocycles. The molecular weight excluding hydrogens is 406 g/mol. The van der Waals surface area contributed by atoms with Crippen molar-refractivity contribution in [3.05, 3.63) is 30.0 Å². The molecule has 0 bridgehead atoms. The summed E-state index contributed by atoms with van der Waals surface area (Å²) >= 11 is 4.37. The maximum Gasteiger partial charge on any atom is 0.376 e. The second-order valence-electron chi connectivity index (χ2n) is 5.13. The van der Waals surface area contributed by atoms with E-state index in [0.29, 0.717) is 16.7 Å². The molecule has 0 atom stereocenters. The van der Waals surface area contributed by atoms with Crippen LogP contribution in [0.3, 0.4) is 0 Å². The van der Waals surface area contributed by atoms with Gasteiger partial charge in [-0.1, -0.05) is 53.9 Å². The molecule has 27 heavy (non-hydrogen) atoms. The van der Waals surface area contributed by atoms with E-state index in [0.717, 1.165) is 14.4 Å². The number of anilines is 1. The van der Waals surface area contributed by atoms with Gasteiger partial charge in [0.1, 0.15) is 11.3 Å². The van der Waals surface area contributed by atoms with Crippen LogP contribution in [0.5, 0.6) is 0 Å². The number of benzene rings is 1.